The van der Waals surface area contributed by atoms with Crippen LogP contribution in [0.25, 0.3) is 5.57 Å². The average Bonchev–Trinajstić information content (AvgIpc) is 3.57. The lowest BCUT2D eigenvalue weighted by atomic mass is 9.38. The van der Waals surface area contributed by atoms with E-state index in [0.717, 1.165) is 47.3 Å². The van der Waals surface area contributed by atoms with Crippen molar-refractivity contribution in [2.45, 2.75) is 188 Å². The van der Waals surface area contributed by atoms with Gasteiger partial charge in [-0.3, -0.25) is 9.79 Å². The number of ether oxygens (including phenoxy) is 1. The van der Waals surface area contributed by atoms with Crippen LogP contribution in [0.1, 0.15) is 186 Å². The number of aliphatic imine (C=N–C) groups is 1. The van der Waals surface area contributed by atoms with E-state index in [2.05, 4.69) is 60.1 Å². The van der Waals surface area contributed by atoms with E-state index in [1.54, 1.807) is 13.0 Å². The van der Waals surface area contributed by atoms with E-state index in [1.807, 2.05) is 95.4 Å². The zero-order chi connectivity index (χ0) is 48.0. The molecule has 5 aliphatic carbocycles. The van der Waals surface area contributed by atoms with Gasteiger partial charge in [-0.05, 0) is 146 Å². The first-order chi connectivity index (χ1) is 29.3. The predicted octanol–water partition coefficient (Wildman–Crippen LogP) is 16.4. The van der Waals surface area contributed by atoms with E-state index in [4.69, 9.17) is 9.73 Å². The van der Waals surface area contributed by atoms with Crippen molar-refractivity contribution in [3.05, 3.63) is 83.6 Å². The molecule has 5 aliphatic rings. The number of aryl methyl sites for hydroxylation is 1. The Morgan fingerprint density at radius 2 is 1.53 bits per heavy atom. The number of aldehydes is 1. The second kappa shape index (κ2) is 24.7. The van der Waals surface area contributed by atoms with E-state index < -0.39 is 5.41 Å². The SMILES string of the molecule is C=C(C)c1ccc(C)cc1F.C=C=C(CC(C)(C)C=O)OC1CCC2(C)C(CCC3(C)C4CCC5(C(C=C)=NC)CC(=O)C(C(C)C)=C5C4CCC32)C1C.CC.CC.CC.CC. The third kappa shape index (κ3) is 11.5. The molecule has 0 spiro atoms. The number of halogens is 1. The second-order valence-electron chi connectivity index (χ2n) is 19.2. The van der Waals surface area contributed by atoms with E-state index in [1.165, 1.54) is 50.2 Å². The van der Waals surface area contributed by atoms with Gasteiger partial charge >= 0.3 is 0 Å². The molecule has 4 saturated carbocycles. The Morgan fingerprint density at radius 1 is 0.968 bits per heavy atom. The lowest BCUT2D eigenvalue weighted by Crippen LogP contribution is -2.60. The maximum atomic E-state index is 13.7. The number of ketones is 1. The van der Waals surface area contributed by atoms with Gasteiger partial charge in [0.15, 0.2) is 5.78 Å². The van der Waals surface area contributed by atoms with Crippen LogP contribution in [-0.2, 0) is 14.3 Å². The molecule has 9 unspecified atom stereocenters. The van der Waals surface area contributed by atoms with Crippen LogP contribution in [-0.4, -0.2) is 30.9 Å². The highest BCUT2D eigenvalue weighted by molar-refractivity contribution is 6.11. The van der Waals surface area contributed by atoms with Crippen LogP contribution < -0.4 is 0 Å². The fraction of sp³-hybridized carbons (Fsp3) is 0.684. The molecule has 0 radical (unpaired) electrons. The lowest BCUT2D eigenvalue weighted by molar-refractivity contribution is -0.180. The molecule has 0 saturated heterocycles. The number of allylic oxidation sites excluding steroid dienone is 5. The van der Waals surface area contributed by atoms with Crippen LogP contribution in [0.3, 0.4) is 0 Å². The van der Waals surface area contributed by atoms with Crippen molar-refractivity contribution in [3.8, 4) is 0 Å². The molecule has 1 aromatic carbocycles. The van der Waals surface area contributed by atoms with Crippen molar-refractivity contribution in [2.24, 2.45) is 62.2 Å². The molecule has 6 rings (SSSR count). The first-order valence-electron chi connectivity index (χ1n) is 24.7. The minimum absolute atomic E-state index is 0.148. The third-order valence-electron chi connectivity index (χ3n) is 15.1. The molecule has 5 heteroatoms. The van der Waals surface area contributed by atoms with Gasteiger partial charge in [0.2, 0.25) is 0 Å². The maximum Gasteiger partial charge on any atom is 0.160 e. The highest BCUT2D eigenvalue weighted by atomic mass is 19.1. The van der Waals surface area contributed by atoms with Crippen molar-refractivity contribution in [1.29, 1.82) is 0 Å². The molecule has 62 heavy (non-hydrogen) atoms. The molecule has 9 atom stereocenters. The Bertz CT molecular complexity index is 1770. The smallest absolute Gasteiger partial charge is 0.160 e. The number of nitrogens with zero attached hydrogens (tertiary/aromatic N) is 1. The van der Waals surface area contributed by atoms with E-state index in [-0.39, 0.29) is 34.1 Å². The van der Waals surface area contributed by atoms with Gasteiger partial charge in [-0.25, -0.2) is 4.39 Å². The van der Waals surface area contributed by atoms with Gasteiger partial charge in [0.1, 0.15) is 24.0 Å². The standard InChI is InChI=1S/C39H57NO3.C10H11F.4C2H6/c1-11-26(21-36(6,7)23-41)43-31-17-19-37(8)28(25(31)5)15-18-38(9)29-16-20-39(33(12-2)40-10)22-30(42)34(24(3)4)35(39)27(29)13-14-32(37)38;1-7(2)9-5-4-8(3)6-10(9)11;4*1-2/h12,23-25,27-29,31-32H,1-2,13-22H2,3-10H3;4-6H,1H2,2-3H3;4*1-2H3. The predicted molar refractivity (Wildman–Crippen MR) is 267 cm³/mol. The summed E-state index contributed by atoms with van der Waals surface area (Å²) >= 11 is 0. The Kier molecular flexibility index (Phi) is 22.6. The van der Waals surface area contributed by atoms with Crippen LogP contribution in [0.2, 0.25) is 0 Å². The largest absolute Gasteiger partial charge is 0.486 e. The first kappa shape index (κ1) is 56.7. The molecule has 0 amide bonds. The van der Waals surface area contributed by atoms with Gasteiger partial charge in [-0.2, -0.15) is 0 Å². The Labute approximate surface area is 381 Å². The second-order valence-corrected chi connectivity index (χ2v) is 19.2. The van der Waals surface area contributed by atoms with Gasteiger partial charge in [-0.15, -0.1) is 0 Å². The van der Waals surface area contributed by atoms with Crippen LogP contribution >= 0.6 is 0 Å². The third-order valence-corrected chi connectivity index (χ3v) is 15.1. The van der Waals surface area contributed by atoms with Crippen LogP contribution in [0.5, 0.6) is 0 Å². The summed E-state index contributed by atoms with van der Waals surface area (Å²) in [7, 11) is 1.88. The normalized spacial score (nSPS) is 30.6. The molecule has 0 aromatic heterocycles. The number of hydrogen-bond acceptors (Lipinski definition) is 4. The molecule has 0 aliphatic heterocycles. The quantitative estimate of drug-likeness (QED) is 0.108. The summed E-state index contributed by atoms with van der Waals surface area (Å²) in [5.41, 5.74) is 8.78. The molecule has 0 heterocycles. The molecular weight excluding hydrogens is 766 g/mol. The maximum absolute atomic E-state index is 13.7. The molecule has 350 valence electrons. The minimum Gasteiger partial charge on any atom is -0.486 e. The molecule has 1 aromatic rings. The fourth-order valence-electron chi connectivity index (χ4n) is 12.6. The van der Waals surface area contributed by atoms with Crippen molar-refractivity contribution >= 4 is 23.4 Å². The van der Waals surface area contributed by atoms with E-state index >= 15 is 0 Å². The Hall–Kier alpha value is -3.30. The van der Waals surface area contributed by atoms with Crippen molar-refractivity contribution < 1.29 is 18.7 Å². The number of Topliss-reactive ketones (excluding diaryl/α,β-unsaturated/α-hetero) is 1. The van der Waals surface area contributed by atoms with Gasteiger partial charge in [0.05, 0.1) is 0 Å². The summed E-state index contributed by atoms with van der Waals surface area (Å²) in [5.74, 6) is 3.97. The van der Waals surface area contributed by atoms with Gasteiger partial charge in [0.25, 0.3) is 0 Å². The molecular formula is C57H92FNO3. The molecule has 0 N–H and O–H groups in total. The van der Waals surface area contributed by atoms with Crippen molar-refractivity contribution in [3.63, 3.8) is 0 Å². The summed E-state index contributed by atoms with van der Waals surface area (Å²) in [6.45, 7) is 47.4. The topological polar surface area (TPSA) is 55.7 Å². The number of benzene rings is 1. The highest BCUT2D eigenvalue weighted by Crippen LogP contribution is 2.72. The van der Waals surface area contributed by atoms with E-state index in [9.17, 15) is 14.0 Å². The zero-order valence-corrected chi connectivity index (χ0v) is 43.2. The molecule has 4 nitrogen and oxygen atoms in total. The fourth-order valence-corrected chi connectivity index (χ4v) is 12.6. The summed E-state index contributed by atoms with van der Waals surface area (Å²) < 4.78 is 19.6. The van der Waals surface area contributed by atoms with Crippen LogP contribution in [0.4, 0.5) is 4.39 Å². The van der Waals surface area contributed by atoms with Gasteiger partial charge < -0.3 is 9.53 Å². The number of rotatable bonds is 9. The molecule has 0 bridgehead atoms. The Morgan fingerprint density at radius 3 is 2.03 bits per heavy atom. The van der Waals surface area contributed by atoms with Crippen LogP contribution in [0, 0.1) is 69.9 Å². The number of hydrogen-bond donors (Lipinski definition) is 0. The zero-order valence-electron chi connectivity index (χ0n) is 43.2. The lowest BCUT2D eigenvalue weighted by Gasteiger charge is -2.67. The van der Waals surface area contributed by atoms with Gasteiger partial charge in [0, 0.05) is 42.0 Å². The molecule has 4 fully saturated rings. The summed E-state index contributed by atoms with van der Waals surface area (Å²) in [6.07, 6.45) is 13.5. The van der Waals surface area contributed by atoms with Gasteiger partial charge in [-0.1, -0.05) is 141 Å². The first-order valence-corrected chi connectivity index (χ1v) is 24.7. The summed E-state index contributed by atoms with van der Waals surface area (Å²) in [4.78, 5) is 30.0. The van der Waals surface area contributed by atoms with E-state index in [0.29, 0.717) is 53.8 Å². The Balaban J connectivity index is 0.000000854. The average molecular weight is 858 g/mol. The van der Waals surface area contributed by atoms with Crippen molar-refractivity contribution in [2.75, 3.05) is 7.05 Å². The minimum atomic E-state index is -0.473. The summed E-state index contributed by atoms with van der Waals surface area (Å²) in [6, 6.07) is 5.16. The van der Waals surface area contributed by atoms with Crippen LogP contribution in [0.15, 0.2) is 71.6 Å². The number of fused-ring (bicyclic) bond motifs is 7. The number of carbonyl (C=O) groups is 2. The summed E-state index contributed by atoms with van der Waals surface area (Å²) in [5, 5.41) is 0. The van der Waals surface area contributed by atoms with Crippen molar-refractivity contribution in [1.82, 2.24) is 0 Å². The highest BCUT2D eigenvalue weighted by Gasteiger charge is 2.65. The number of carbonyl (C=O) groups excluding carboxylic acids is 2. The monoisotopic (exact) mass is 858 g/mol.